The van der Waals surface area contributed by atoms with Crippen LogP contribution in [-0.2, 0) is 11.3 Å². The van der Waals surface area contributed by atoms with Crippen molar-refractivity contribution in [3.05, 3.63) is 29.8 Å². The van der Waals surface area contributed by atoms with Gasteiger partial charge in [0.2, 0.25) is 0 Å². The van der Waals surface area contributed by atoms with Crippen molar-refractivity contribution in [2.75, 3.05) is 13.7 Å². The molecule has 0 bridgehead atoms. The second-order valence-electron chi connectivity index (χ2n) is 5.10. The van der Waals surface area contributed by atoms with Crippen LogP contribution in [0.5, 0.6) is 5.75 Å². The smallest absolute Gasteiger partial charge is 0.119 e. The summed E-state index contributed by atoms with van der Waals surface area (Å²) >= 11 is 0. The van der Waals surface area contributed by atoms with Gasteiger partial charge in [-0.1, -0.05) is 25.0 Å². The van der Waals surface area contributed by atoms with E-state index in [9.17, 15) is 0 Å². The van der Waals surface area contributed by atoms with Crippen molar-refractivity contribution in [1.82, 2.24) is 0 Å². The van der Waals surface area contributed by atoms with Gasteiger partial charge in [0.25, 0.3) is 0 Å². The Balaban J connectivity index is 1.83. The Kier molecular flexibility index (Phi) is 5.02. The first kappa shape index (κ1) is 13.4. The highest BCUT2D eigenvalue weighted by atomic mass is 16.5. The third-order valence-corrected chi connectivity index (χ3v) is 3.66. The van der Waals surface area contributed by atoms with Crippen LogP contribution < -0.4 is 10.5 Å². The molecule has 1 fully saturated rings. The lowest BCUT2D eigenvalue weighted by atomic mass is 10.00. The first-order valence-electron chi connectivity index (χ1n) is 6.76. The molecule has 0 amide bonds. The highest BCUT2D eigenvalue weighted by Crippen LogP contribution is 2.27. The van der Waals surface area contributed by atoms with Gasteiger partial charge in [-0.2, -0.15) is 0 Å². The quantitative estimate of drug-likeness (QED) is 0.843. The third kappa shape index (κ3) is 3.72. The standard InChI is InChI=1S/C15H23NO2/c1-17-10-12-5-4-8-14(9-12)18-11-15(16)13-6-2-3-7-13/h4-5,8-9,13,15H,2-3,6-7,10-11,16H2,1H3. The zero-order valence-corrected chi connectivity index (χ0v) is 11.1. The van der Waals surface area contributed by atoms with Crippen molar-refractivity contribution in [1.29, 1.82) is 0 Å². The average molecular weight is 249 g/mol. The highest BCUT2D eigenvalue weighted by molar-refractivity contribution is 5.28. The molecule has 0 heterocycles. The van der Waals surface area contributed by atoms with Crippen LogP contribution >= 0.6 is 0 Å². The van der Waals surface area contributed by atoms with Gasteiger partial charge in [-0.15, -0.1) is 0 Å². The SMILES string of the molecule is COCc1cccc(OCC(N)C2CCCC2)c1. The lowest BCUT2D eigenvalue weighted by molar-refractivity contribution is 0.184. The average Bonchev–Trinajstić information content (AvgIpc) is 2.91. The minimum absolute atomic E-state index is 0.165. The molecule has 0 aromatic heterocycles. The van der Waals surface area contributed by atoms with Crippen LogP contribution in [0, 0.1) is 5.92 Å². The molecule has 2 rings (SSSR count). The lowest BCUT2D eigenvalue weighted by Gasteiger charge is -2.19. The first-order valence-corrected chi connectivity index (χ1v) is 6.76. The van der Waals surface area contributed by atoms with Gasteiger partial charge in [0, 0.05) is 13.2 Å². The maximum absolute atomic E-state index is 6.17. The molecule has 3 nitrogen and oxygen atoms in total. The van der Waals surface area contributed by atoms with Gasteiger partial charge in [-0.3, -0.25) is 0 Å². The van der Waals surface area contributed by atoms with Crippen LogP contribution in [-0.4, -0.2) is 19.8 Å². The number of benzene rings is 1. The minimum atomic E-state index is 0.165. The summed E-state index contributed by atoms with van der Waals surface area (Å²) in [5, 5.41) is 0. The maximum atomic E-state index is 6.17. The van der Waals surface area contributed by atoms with Gasteiger partial charge in [0.05, 0.1) is 6.61 Å². The fourth-order valence-corrected chi connectivity index (χ4v) is 2.61. The lowest BCUT2D eigenvalue weighted by Crippen LogP contribution is -2.34. The van der Waals surface area contributed by atoms with E-state index in [1.54, 1.807) is 7.11 Å². The highest BCUT2D eigenvalue weighted by Gasteiger charge is 2.22. The molecule has 1 aliphatic rings. The summed E-state index contributed by atoms with van der Waals surface area (Å²) in [5.74, 6) is 1.53. The zero-order valence-electron chi connectivity index (χ0n) is 11.1. The van der Waals surface area contributed by atoms with E-state index < -0.39 is 0 Å². The largest absolute Gasteiger partial charge is 0.492 e. The molecule has 3 heteroatoms. The molecular weight excluding hydrogens is 226 g/mol. The van der Waals surface area contributed by atoms with E-state index in [1.807, 2.05) is 24.3 Å². The number of hydrogen-bond acceptors (Lipinski definition) is 3. The summed E-state index contributed by atoms with van der Waals surface area (Å²) < 4.78 is 10.9. The molecule has 1 saturated carbocycles. The maximum Gasteiger partial charge on any atom is 0.119 e. The van der Waals surface area contributed by atoms with Gasteiger partial charge in [-0.25, -0.2) is 0 Å². The fourth-order valence-electron chi connectivity index (χ4n) is 2.61. The van der Waals surface area contributed by atoms with Gasteiger partial charge in [0.1, 0.15) is 12.4 Å². The molecule has 0 spiro atoms. The summed E-state index contributed by atoms with van der Waals surface area (Å²) in [4.78, 5) is 0. The normalized spacial score (nSPS) is 17.9. The molecule has 2 N–H and O–H groups in total. The summed E-state index contributed by atoms with van der Waals surface area (Å²) in [6, 6.07) is 8.18. The van der Waals surface area contributed by atoms with Crippen molar-refractivity contribution in [3.63, 3.8) is 0 Å². The molecule has 0 aliphatic heterocycles. The van der Waals surface area contributed by atoms with Crippen LogP contribution in [0.25, 0.3) is 0 Å². The monoisotopic (exact) mass is 249 g/mol. The minimum Gasteiger partial charge on any atom is -0.492 e. The number of methoxy groups -OCH3 is 1. The number of nitrogens with two attached hydrogens (primary N) is 1. The topological polar surface area (TPSA) is 44.5 Å². The van der Waals surface area contributed by atoms with E-state index in [2.05, 4.69) is 0 Å². The third-order valence-electron chi connectivity index (χ3n) is 3.66. The van der Waals surface area contributed by atoms with E-state index in [0.29, 0.717) is 19.1 Å². The molecule has 1 atom stereocenters. The Bertz CT molecular complexity index is 361. The van der Waals surface area contributed by atoms with E-state index in [4.69, 9.17) is 15.2 Å². The predicted octanol–water partition coefficient (Wildman–Crippen LogP) is 2.73. The Morgan fingerprint density at radius 2 is 2.11 bits per heavy atom. The van der Waals surface area contributed by atoms with E-state index >= 15 is 0 Å². The Morgan fingerprint density at radius 1 is 1.33 bits per heavy atom. The van der Waals surface area contributed by atoms with Crippen LogP contribution in [0.2, 0.25) is 0 Å². The molecule has 0 radical (unpaired) electrons. The molecule has 1 unspecified atom stereocenters. The van der Waals surface area contributed by atoms with Gasteiger partial charge in [0.15, 0.2) is 0 Å². The van der Waals surface area contributed by atoms with Crippen LogP contribution in [0.15, 0.2) is 24.3 Å². The Labute approximate surface area is 109 Å². The van der Waals surface area contributed by atoms with Crippen molar-refractivity contribution in [3.8, 4) is 5.75 Å². The molecule has 100 valence electrons. The van der Waals surface area contributed by atoms with Crippen molar-refractivity contribution in [2.45, 2.75) is 38.3 Å². The number of hydrogen-bond donors (Lipinski definition) is 1. The molecule has 0 saturated heterocycles. The molecule has 1 aromatic carbocycles. The number of ether oxygens (including phenoxy) is 2. The second kappa shape index (κ2) is 6.76. The molecule has 1 aliphatic carbocycles. The zero-order chi connectivity index (χ0) is 12.8. The summed E-state index contributed by atoms with van der Waals surface area (Å²) in [6.45, 7) is 1.23. The summed E-state index contributed by atoms with van der Waals surface area (Å²) in [7, 11) is 1.70. The number of rotatable bonds is 6. The van der Waals surface area contributed by atoms with Crippen LogP contribution in [0.1, 0.15) is 31.2 Å². The van der Waals surface area contributed by atoms with Gasteiger partial charge >= 0.3 is 0 Å². The molecular formula is C15H23NO2. The fraction of sp³-hybridized carbons (Fsp3) is 0.600. The van der Waals surface area contributed by atoms with Crippen LogP contribution in [0.4, 0.5) is 0 Å². The van der Waals surface area contributed by atoms with Gasteiger partial charge < -0.3 is 15.2 Å². The van der Waals surface area contributed by atoms with E-state index in [-0.39, 0.29) is 6.04 Å². The van der Waals surface area contributed by atoms with Crippen molar-refractivity contribution >= 4 is 0 Å². The first-order chi connectivity index (χ1) is 8.79. The van der Waals surface area contributed by atoms with Crippen LogP contribution in [0.3, 0.4) is 0 Å². The van der Waals surface area contributed by atoms with E-state index in [0.717, 1.165) is 11.3 Å². The summed E-state index contributed by atoms with van der Waals surface area (Å²) in [5.41, 5.74) is 7.30. The predicted molar refractivity (Wildman–Crippen MR) is 72.6 cm³/mol. The molecule has 18 heavy (non-hydrogen) atoms. The molecule has 1 aromatic rings. The van der Waals surface area contributed by atoms with Crippen molar-refractivity contribution in [2.24, 2.45) is 11.7 Å². The Hall–Kier alpha value is -1.06. The van der Waals surface area contributed by atoms with E-state index in [1.165, 1.54) is 25.7 Å². The Morgan fingerprint density at radius 3 is 2.83 bits per heavy atom. The van der Waals surface area contributed by atoms with Crippen molar-refractivity contribution < 1.29 is 9.47 Å². The van der Waals surface area contributed by atoms with Gasteiger partial charge in [-0.05, 0) is 36.5 Å². The summed E-state index contributed by atoms with van der Waals surface area (Å²) in [6.07, 6.45) is 5.16. The second-order valence-corrected chi connectivity index (χ2v) is 5.10.